The van der Waals surface area contributed by atoms with Crippen molar-refractivity contribution < 1.29 is 9.72 Å². The SMILES string of the molecule is Cn1cc2c(n1)CN(C(=O)Nc1nc(Br)ccc1[N+](=O)[O-])C2. The predicted molar refractivity (Wildman–Crippen MR) is 80.1 cm³/mol. The van der Waals surface area contributed by atoms with Gasteiger partial charge in [-0.05, 0) is 22.0 Å². The lowest BCUT2D eigenvalue weighted by Crippen LogP contribution is -2.31. The largest absolute Gasteiger partial charge is 0.323 e. The number of nitrogens with zero attached hydrogens (tertiary/aromatic N) is 5. The van der Waals surface area contributed by atoms with Crippen LogP contribution in [0.2, 0.25) is 0 Å². The van der Waals surface area contributed by atoms with Gasteiger partial charge in [-0.3, -0.25) is 20.1 Å². The van der Waals surface area contributed by atoms with Crippen LogP contribution in [0.5, 0.6) is 0 Å². The smallest absolute Gasteiger partial charge is 0.314 e. The Kier molecular flexibility index (Phi) is 3.53. The molecule has 0 atom stereocenters. The molecule has 2 aromatic heterocycles. The van der Waals surface area contributed by atoms with Gasteiger partial charge in [0.1, 0.15) is 4.60 Å². The molecule has 1 N–H and O–H groups in total. The second-order valence-electron chi connectivity index (χ2n) is 4.82. The summed E-state index contributed by atoms with van der Waals surface area (Å²) >= 11 is 3.13. The molecule has 0 bridgehead atoms. The minimum absolute atomic E-state index is 0.0885. The second kappa shape index (κ2) is 5.37. The van der Waals surface area contributed by atoms with Crippen LogP contribution in [0.3, 0.4) is 0 Å². The first kappa shape index (κ1) is 14.4. The van der Waals surface area contributed by atoms with Gasteiger partial charge in [-0.15, -0.1) is 0 Å². The fourth-order valence-corrected chi connectivity index (χ4v) is 2.59. The third kappa shape index (κ3) is 2.64. The van der Waals surface area contributed by atoms with Gasteiger partial charge >= 0.3 is 11.7 Å². The van der Waals surface area contributed by atoms with Crippen molar-refractivity contribution in [1.82, 2.24) is 19.7 Å². The number of halogens is 1. The van der Waals surface area contributed by atoms with Gasteiger partial charge in [0.05, 0.1) is 23.7 Å². The number of anilines is 1. The number of fused-ring (bicyclic) bond motifs is 1. The number of carbonyl (C=O) groups is 1. The van der Waals surface area contributed by atoms with Crippen LogP contribution in [0.4, 0.5) is 16.3 Å². The lowest BCUT2D eigenvalue weighted by Gasteiger charge is -2.16. The Balaban J connectivity index is 1.77. The van der Waals surface area contributed by atoms with Crippen molar-refractivity contribution in [2.24, 2.45) is 7.05 Å². The van der Waals surface area contributed by atoms with Gasteiger partial charge in [-0.2, -0.15) is 5.10 Å². The summed E-state index contributed by atoms with van der Waals surface area (Å²) in [6.45, 7) is 0.778. The monoisotopic (exact) mass is 366 g/mol. The van der Waals surface area contributed by atoms with Gasteiger partial charge in [0.2, 0.25) is 5.82 Å². The van der Waals surface area contributed by atoms with E-state index in [9.17, 15) is 14.9 Å². The van der Waals surface area contributed by atoms with Gasteiger partial charge in [-0.1, -0.05) is 0 Å². The molecular weight excluding hydrogens is 356 g/mol. The molecule has 1 aliphatic heterocycles. The molecule has 22 heavy (non-hydrogen) atoms. The number of pyridine rings is 1. The summed E-state index contributed by atoms with van der Waals surface area (Å²) < 4.78 is 2.10. The molecule has 0 radical (unpaired) electrons. The lowest BCUT2D eigenvalue weighted by atomic mass is 10.3. The topological polar surface area (TPSA) is 106 Å². The van der Waals surface area contributed by atoms with E-state index in [1.165, 1.54) is 17.0 Å². The van der Waals surface area contributed by atoms with Gasteiger partial charge < -0.3 is 4.90 Å². The van der Waals surface area contributed by atoms with Crippen molar-refractivity contribution in [3.05, 3.63) is 44.3 Å². The first-order valence-electron chi connectivity index (χ1n) is 6.32. The van der Waals surface area contributed by atoms with Crippen LogP contribution in [0.1, 0.15) is 11.3 Å². The standard InChI is InChI=1S/C12H11BrN6O3/c1-17-4-7-5-18(6-8(7)16-17)12(20)15-11-9(19(21)22)2-3-10(13)14-11/h2-4H,5-6H2,1H3,(H,14,15,20). The van der Waals surface area contributed by atoms with Crippen molar-refractivity contribution in [3.8, 4) is 0 Å². The van der Waals surface area contributed by atoms with E-state index in [1.807, 2.05) is 13.2 Å². The number of aromatic nitrogens is 3. The summed E-state index contributed by atoms with van der Waals surface area (Å²) in [6, 6.07) is 2.28. The first-order chi connectivity index (χ1) is 10.4. The number of hydrogen-bond donors (Lipinski definition) is 1. The number of rotatable bonds is 2. The minimum atomic E-state index is -0.588. The predicted octanol–water partition coefficient (Wildman–Crippen LogP) is 2.03. The maximum absolute atomic E-state index is 12.3. The fourth-order valence-electron chi connectivity index (χ4n) is 2.28. The fraction of sp³-hybridized carbons (Fsp3) is 0.250. The molecule has 3 rings (SSSR count). The first-order valence-corrected chi connectivity index (χ1v) is 7.11. The van der Waals surface area contributed by atoms with E-state index in [4.69, 9.17) is 0 Å². The number of amides is 2. The Morgan fingerprint density at radius 1 is 1.45 bits per heavy atom. The van der Waals surface area contributed by atoms with Crippen LogP contribution in [0, 0.1) is 10.1 Å². The van der Waals surface area contributed by atoms with Crippen molar-refractivity contribution in [3.63, 3.8) is 0 Å². The summed E-state index contributed by atoms with van der Waals surface area (Å²) in [5, 5.41) is 17.7. The Morgan fingerprint density at radius 2 is 2.23 bits per heavy atom. The normalized spacial score (nSPS) is 13.1. The Hall–Kier alpha value is -2.49. The van der Waals surface area contributed by atoms with E-state index >= 15 is 0 Å². The second-order valence-corrected chi connectivity index (χ2v) is 5.63. The van der Waals surface area contributed by atoms with Gasteiger partial charge in [0.15, 0.2) is 0 Å². The molecule has 0 aliphatic carbocycles. The number of hydrogen-bond acceptors (Lipinski definition) is 5. The van der Waals surface area contributed by atoms with Crippen LogP contribution >= 0.6 is 15.9 Å². The molecule has 0 spiro atoms. The number of nitro groups is 1. The minimum Gasteiger partial charge on any atom is -0.314 e. The van der Waals surface area contributed by atoms with E-state index in [-0.39, 0.29) is 11.5 Å². The zero-order chi connectivity index (χ0) is 15.9. The third-order valence-electron chi connectivity index (χ3n) is 3.24. The van der Waals surface area contributed by atoms with E-state index in [0.29, 0.717) is 17.7 Å². The third-order valence-corrected chi connectivity index (χ3v) is 3.68. The molecule has 10 heteroatoms. The lowest BCUT2D eigenvalue weighted by molar-refractivity contribution is -0.384. The Morgan fingerprint density at radius 3 is 2.91 bits per heavy atom. The molecule has 0 unspecified atom stereocenters. The van der Waals surface area contributed by atoms with Gasteiger partial charge in [0.25, 0.3) is 0 Å². The molecule has 3 heterocycles. The molecular formula is C12H11BrN6O3. The van der Waals surface area contributed by atoms with Gasteiger partial charge in [-0.25, -0.2) is 9.78 Å². The van der Waals surface area contributed by atoms with Crippen LogP contribution in [-0.4, -0.2) is 30.6 Å². The number of carbonyl (C=O) groups excluding carboxylic acids is 1. The van der Waals surface area contributed by atoms with Crippen LogP contribution in [-0.2, 0) is 20.1 Å². The molecule has 114 valence electrons. The zero-order valence-electron chi connectivity index (χ0n) is 11.5. The van der Waals surface area contributed by atoms with Crippen molar-refractivity contribution in [1.29, 1.82) is 0 Å². The number of urea groups is 1. The summed E-state index contributed by atoms with van der Waals surface area (Å²) in [5.74, 6) is -0.0885. The molecule has 0 fully saturated rings. The Labute approximate surface area is 133 Å². The molecule has 1 aliphatic rings. The summed E-state index contributed by atoms with van der Waals surface area (Å²) in [6.07, 6.45) is 1.85. The highest BCUT2D eigenvalue weighted by Crippen LogP contribution is 2.26. The maximum atomic E-state index is 12.3. The highest BCUT2D eigenvalue weighted by Gasteiger charge is 2.28. The Bertz CT molecular complexity index is 751. The quantitative estimate of drug-likeness (QED) is 0.497. The van der Waals surface area contributed by atoms with E-state index in [0.717, 1.165) is 11.3 Å². The van der Waals surface area contributed by atoms with Crippen molar-refractivity contribution in [2.75, 3.05) is 5.32 Å². The van der Waals surface area contributed by atoms with Crippen LogP contribution in [0.15, 0.2) is 22.9 Å². The van der Waals surface area contributed by atoms with E-state index < -0.39 is 11.0 Å². The highest BCUT2D eigenvalue weighted by molar-refractivity contribution is 9.10. The average molecular weight is 367 g/mol. The van der Waals surface area contributed by atoms with Crippen LogP contribution < -0.4 is 5.32 Å². The zero-order valence-corrected chi connectivity index (χ0v) is 13.1. The van der Waals surface area contributed by atoms with Crippen LogP contribution in [0.25, 0.3) is 0 Å². The number of aryl methyl sites for hydroxylation is 1. The van der Waals surface area contributed by atoms with Crippen molar-refractivity contribution in [2.45, 2.75) is 13.1 Å². The van der Waals surface area contributed by atoms with Crippen molar-refractivity contribution >= 4 is 33.5 Å². The highest BCUT2D eigenvalue weighted by atomic mass is 79.9. The average Bonchev–Trinajstić information content (AvgIpc) is 2.95. The number of nitrogens with one attached hydrogen (secondary N) is 1. The summed E-state index contributed by atoms with van der Waals surface area (Å²) in [4.78, 5) is 28.1. The van der Waals surface area contributed by atoms with Gasteiger partial charge in [0, 0.05) is 24.9 Å². The molecule has 2 amide bonds. The van der Waals surface area contributed by atoms with E-state index in [2.05, 4.69) is 31.3 Å². The molecule has 9 nitrogen and oxygen atoms in total. The molecule has 0 saturated heterocycles. The van der Waals surface area contributed by atoms with E-state index in [1.54, 1.807) is 4.68 Å². The molecule has 0 aromatic carbocycles. The molecule has 2 aromatic rings. The molecule has 0 saturated carbocycles. The summed E-state index contributed by atoms with van der Waals surface area (Å²) in [7, 11) is 1.82. The maximum Gasteiger partial charge on any atom is 0.323 e. The summed E-state index contributed by atoms with van der Waals surface area (Å²) in [5.41, 5.74) is 1.54.